The lowest BCUT2D eigenvalue weighted by atomic mass is 10.0. The molecule has 0 amide bonds. The van der Waals surface area contributed by atoms with Gasteiger partial charge < -0.3 is 5.11 Å². The van der Waals surface area contributed by atoms with Crippen LogP contribution in [0.5, 0.6) is 5.75 Å². The molecule has 0 bridgehead atoms. The molecule has 1 nitrogen and oxygen atoms in total. The topological polar surface area (TPSA) is 20.2 Å². The van der Waals surface area contributed by atoms with Gasteiger partial charge in [0.1, 0.15) is 11.6 Å². The van der Waals surface area contributed by atoms with Gasteiger partial charge in [-0.05, 0) is 35.6 Å². The molecule has 21 heavy (non-hydrogen) atoms. The van der Waals surface area contributed by atoms with E-state index in [4.69, 9.17) is 0 Å². The van der Waals surface area contributed by atoms with Crippen LogP contribution >= 0.6 is 0 Å². The zero-order chi connectivity index (χ0) is 16.3. The van der Waals surface area contributed by atoms with E-state index in [0.29, 0.717) is 11.7 Å². The van der Waals surface area contributed by atoms with E-state index in [1.807, 2.05) is 45.0 Å². The van der Waals surface area contributed by atoms with E-state index in [9.17, 15) is 9.50 Å². The van der Waals surface area contributed by atoms with Crippen LogP contribution in [0.3, 0.4) is 0 Å². The number of benzene rings is 2. The van der Waals surface area contributed by atoms with Crippen molar-refractivity contribution >= 4 is 0 Å². The van der Waals surface area contributed by atoms with E-state index in [2.05, 4.69) is 13.8 Å². The molecule has 2 aromatic carbocycles. The molecule has 0 aliphatic rings. The number of halogens is 1. The third-order valence-corrected chi connectivity index (χ3v) is 2.90. The fraction of sp³-hybridized carbons (Fsp3) is 0.368. The number of para-hydroxylation sites is 1. The highest BCUT2D eigenvalue weighted by Crippen LogP contribution is 2.23. The summed E-state index contributed by atoms with van der Waals surface area (Å²) in [6, 6.07) is 14.3. The van der Waals surface area contributed by atoms with Crippen LogP contribution in [0.15, 0.2) is 48.5 Å². The monoisotopic (exact) mass is 290 g/mol. The van der Waals surface area contributed by atoms with Crippen LogP contribution < -0.4 is 0 Å². The summed E-state index contributed by atoms with van der Waals surface area (Å²) in [5.74, 6) is 0.707. The van der Waals surface area contributed by atoms with Gasteiger partial charge in [0, 0.05) is 0 Å². The lowest BCUT2D eigenvalue weighted by molar-refractivity contribution is 0.465. The molecule has 0 heterocycles. The largest absolute Gasteiger partial charge is 0.508 e. The summed E-state index contributed by atoms with van der Waals surface area (Å²) < 4.78 is 12.6. The van der Waals surface area contributed by atoms with Crippen LogP contribution in [0.2, 0.25) is 0 Å². The van der Waals surface area contributed by atoms with Crippen molar-refractivity contribution in [2.75, 3.05) is 0 Å². The molecule has 0 atom stereocenters. The van der Waals surface area contributed by atoms with Crippen molar-refractivity contribution in [3.8, 4) is 5.75 Å². The van der Waals surface area contributed by atoms with E-state index in [1.165, 1.54) is 6.07 Å². The third-order valence-electron chi connectivity index (χ3n) is 2.90. The number of phenols is 1. The third kappa shape index (κ3) is 6.94. The van der Waals surface area contributed by atoms with E-state index >= 15 is 0 Å². The average molecular weight is 290 g/mol. The second kappa shape index (κ2) is 10.9. The highest BCUT2D eigenvalue weighted by atomic mass is 19.1. The summed E-state index contributed by atoms with van der Waals surface area (Å²) in [6.45, 7) is 10.1. The summed E-state index contributed by atoms with van der Waals surface area (Å²) in [6.07, 6.45) is 0.771. The molecule has 116 valence electrons. The van der Waals surface area contributed by atoms with Crippen molar-refractivity contribution in [3.63, 3.8) is 0 Å². The highest BCUT2D eigenvalue weighted by molar-refractivity contribution is 5.33. The molecule has 0 saturated carbocycles. The molecule has 0 aromatic heterocycles. The van der Waals surface area contributed by atoms with Crippen molar-refractivity contribution in [3.05, 3.63) is 65.5 Å². The van der Waals surface area contributed by atoms with E-state index in [0.717, 1.165) is 17.5 Å². The van der Waals surface area contributed by atoms with Gasteiger partial charge in [-0.1, -0.05) is 71.0 Å². The Hall–Kier alpha value is -1.83. The summed E-state index contributed by atoms with van der Waals surface area (Å²) in [7, 11) is 0. The summed E-state index contributed by atoms with van der Waals surface area (Å²) in [4.78, 5) is 0. The van der Waals surface area contributed by atoms with Gasteiger partial charge in [0.25, 0.3) is 0 Å². The minimum atomic E-state index is -0.0972. The maximum absolute atomic E-state index is 12.6. The Balaban J connectivity index is 0.000000342. The number of aromatic hydroxyl groups is 1. The molecule has 0 spiro atoms. The van der Waals surface area contributed by atoms with Crippen LogP contribution in [0.1, 0.15) is 51.7 Å². The smallest absolute Gasteiger partial charge is 0.126 e. The number of hydrogen-bond donors (Lipinski definition) is 1. The summed E-state index contributed by atoms with van der Waals surface area (Å²) in [5, 5.41) is 9.28. The van der Waals surface area contributed by atoms with E-state index in [1.54, 1.807) is 18.2 Å². The zero-order valence-corrected chi connectivity index (χ0v) is 13.7. The van der Waals surface area contributed by atoms with Gasteiger partial charge >= 0.3 is 0 Å². The molecule has 0 fully saturated rings. The Kier molecular flexibility index (Phi) is 9.95. The van der Waals surface area contributed by atoms with E-state index < -0.39 is 0 Å². The van der Waals surface area contributed by atoms with Gasteiger partial charge in [-0.3, -0.25) is 0 Å². The van der Waals surface area contributed by atoms with Crippen LogP contribution in [0, 0.1) is 5.82 Å². The quantitative estimate of drug-likeness (QED) is 0.726. The lowest BCUT2D eigenvalue weighted by Gasteiger charge is -2.05. The predicted molar refractivity (Wildman–Crippen MR) is 89.3 cm³/mol. The minimum Gasteiger partial charge on any atom is -0.508 e. The van der Waals surface area contributed by atoms with Gasteiger partial charge in [-0.25, -0.2) is 4.39 Å². The first-order valence-electron chi connectivity index (χ1n) is 7.57. The molecule has 0 aliphatic carbocycles. The van der Waals surface area contributed by atoms with Gasteiger partial charge in [0.15, 0.2) is 0 Å². The Bertz CT molecular complexity index is 506. The fourth-order valence-corrected chi connectivity index (χ4v) is 1.76. The average Bonchev–Trinajstić information content (AvgIpc) is 2.50. The van der Waals surface area contributed by atoms with Crippen molar-refractivity contribution in [1.29, 1.82) is 0 Å². The van der Waals surface area contributed by atoms with Crippen LogP contribution in [0.25, 0.3) is 0 Å². The predicted octanol–water partition coefficient (Wildman–Crippen LogP) is 5.93. The van der Waals surface area contributed by atoms with Crippen molar-refractivity contribution < 1.29 is 9.50 Å². The zero-order valence-electron chi connectivity index (χ0n) is 13.7. The number of rotatable bonds is 2. The highest BCUT2D eigenvalue weighted by Gasteiger charge is 2.02. The Morgan fingerprint density at radius 1 is 0.952 bits per heavy atom. The standard InChI is InChI=1S/C9H12O.C8H9F.C2H6/c1-7(2)8-5-3-4-6-9(8)10;1-2-7-5-3-4-6-8(7)9;1-2/h3-7,10H,1-2H3;3-6H,2H2,1H3;1-2H3. The summed E-state index contributed by atoms with van der Waals surface area (Å²) >= 11 is 0. The summed E-state index contributed by atoms with van der Waals surface area (Å²) in [5.41, 5.74) is 1.81. The SMILES string of the molecule is CC.CC(C)c1ccccc1O.CCc1ccccc1F. The molecule has 2 heteroatoms. The first-order valence-corrected chi connectivity index (χ1v) is 7.57. The molecular weight excluding hydrogens is 263 g/mol. The van der Waals surface area contributed by atoms with Gasteiger partial charge in [0.05, 0.1) is 0 Å². The number of aryl methyl sites for hydroxylation is 1. The Morgan fingerprint density at radius 2 is 1.48 bits per heavy atom. The molecule has 2 rings (SSSR count). The Labute approximate surface area is 128 Å². The molecule has 1 N–H and O–H groups in total. The molecule has 0 unspecified atom stereocenters. The number of hydrogen-bond acceptors (Lipinski definition) is 1. The van der Waals surface area contributed by atoms with Crippen molar-refractivity contribution in [2.24, 2.45) is 0 Å². The molecule has 0 aliphatic heterocycles. The second-order valence-corrected chi connectivity index (χ2v) is 4.66. The molecule has 0 saturated heterocycles. The Morgan fingerprint density at radius 3 is 1.86 bits per heavy atom. The number of phenolic OH excluding ortho intramolecular Hbond substituents is 1. The second-order valence-electron chi connectivity index (χ2n) is 4.66. The molecule has 0 radical (unpaired) electrons. The first-order chi connectivity index (χ1) is 10.1. The van der Waals surface area contributed by atoms with Gasteiger partial charge in [-0.15, -0.1) is 0 Å². The van der Waals surface area contributed by atoms with Crippen molar-refractivity contribution in [2.45, 2.75) is 47.0 Å². The van der Waals surface area contributed by atoms with Crippen LogP contribution in [-0.4, -0.2) is 5.11 Å². The fourth-order valence-electron chi connectivity index (χ4n) is 1.76. The van der Waals surface area contributed by atoms with Gasteiger partial charge in [0.2, 0.25) is 0 Å². The normalized spacial score (nSPS) is 9.29. The maximum atomic E-state index is 12.6. The molecule has 2 aromatic rings. The van der Waals surface area contributed by atoms with Crippen LogP contribution in [0.4, 0.5) is 4.39 Å². The minimum absolute atomic E-state index is 0.0972. The first kappa shape index (κ1) is 19.2. The lowest BCUT2D eigenvalue weighted by Crippen LogP contribution is -1.85. The van der Waals surface area contributed by atoms with Crippen molar-refractivity contribution in [1.82, 2.24) is 0 Å². The molecular formula is C19H27FO. The van der Waals surface area contributed by atoms with Gasteiger partial charge in [-0.2, -0.15) is 0 Å². The van der Waals surface area contributed by atoms with E-state index in [-0.39, 0.29) is 5.82 Å². The van der Waals surface area contributed by atoms with Crippen LogP contribution in [-0.2, 0) is 6.42 Å². The maximum Gasteiger partial charge on any atom is 0.126 e.